The fourth-order valence-corrected chi connectivity index (χ4v) is 3.99. The quantitative estimate of drug-likeness (QED) is 0.553. The topological polar surface area (TPSA) is 59.9 Å². The first-order valence-electron chi connectivity index (χ1n) is 8.36. The summed E-state index contributed by atoms with van der Waals surface area (Å²) in [7, 11) is 1.74. The molecule has 134 valence electrons. The van der Waals surface area contributed by atoms with Crippen molar-refractivity contribution in [2.24, 2.45) is 4.99 Å². The van der Waals surface area contributed by atoms with Gasteiger partial charge in [0.25, 0.3) is 0 Å². The van der Waals surface area contributed by atoms with E-state index in [1.54, 1.807) is 13.1 Å². The van der Waals surface area contributed by atoms with Crippen molar-refractivity contribution in [3.05, 3.63) is 51.7 Å². The summed E-state index contributed by atoms with van der Waals surface area (Å²) in [5.74, 6) is 0.710. The van der Waals surface area contributed by atoms with E-state index in [-0.39, 0.29) is 0 Å². The van der Waals surface area contributed by atoms with Gasteiger partial charge in [0.15, 0.2) is 5.96 Å². The number of aliphatic hydroxyl groups excluding tert-OH is 1. The van der Waals surface area contributed by atoms with Gasteiger partial charge in [-0.1, -0.05) is 29.8 Å². The van der Waals surface area contributed by atoms with Gasteiger partial charge in [-0.2, -0.15) is 0 Å². The highest BCUT2D eigenvalue weighted by molar-refractivity contribution is 7.16. The minimum absolute atomic E-state index is 0.333. The van der Waals surface area contributed by atoms with Crippen LogP contribution in [0.25, 0.3) is 0 Å². The predicted octanol–water partition coefficient (Wildman–Crippen LogP) is 2.88. The number of aliphatic hydroxyl groups is 1. The van der Waals surface area contributed by atoms with E-state index in [2.05, 4.69) is 44.8 Å². The Balaban J connectivity index is 1.48. The molecule has 0 radical (unpaired) electrons. The Morgan fingerprint density at radius 2 is 2.16 bits per heavy atom. The van der Waals surface area contributed by atoms with Gasteiger partial charge in [-0.25, -0.2) is 0 Å². The SMILES string of the molecule is CN=C(NCC(O)c1ccc(Cl)s1)NC1CCN(c2ccccc2)C1. The Hall–Kier alpha value is -1.76. The number of hydrogen-bond donors (Lipinski definition) is 3. The van der Waals surface area contributed by atoms with Crippen molar-refractivity contribution in [3.63, 3.8) is 0 Å². The summed E-state index contributed by atoms with van der Waals surface area (Å²) >= 11 is 7.31. The van der Waals surface area contributed by atoms with Crippen molar-refractivity contribution in [3.8, 4) is 0 Å². The van der Waals surface area contributed by atoms with Gasteiger partial charge in [0.1, 0.15) is 6.10 Å². The zero-order chi connectivity index (χ0) is 17.6. The second-order valence-corrected chi connectivity index (χ2v) is 7.77. The Morgan fingerprint density at radius 1 is 1.36 bits per heavy atom. The minimum Gasteiger partial charge on any atom is -0.386 e. The third-order valence-corrected chi connectivity index (χ3v) is 5.59. The van der Waals surface area contributed by atoms with Crippen LogP contribution in [0.1, 0.15) is 17.4 Å². The van der Waals surface area contributed by atoms with Crippen molar-refractivity contribution in [1.82, 2.24) is 10.6 Å². The summed E-state index contributed by atoms with van der Waals surface area (Å²) in [6.07, 6.45) is 0.457. The monoisotopic (exact) mass is 378 g/mol. The molecule has 2 aromatic rings. The van der Waals surface area contributed by atoms with E-state index in [1.807, 2.05) is 12.1 Å². The lowest BCUT2D eigenvalue weighted by molar-refractivity contribution is 0.184. The summed E-state index contributed by atoms with van der Waals surface area (Å²) in [4.78, 5) is 7.48. The molecule has 1 aliphatic heterocycles. The first kappa shape index (κ1) is 18.0. The van der Waals surface area contributed by atoms with Gasteiger partial charge >= 0.3 is 0 Å². The second-order valence-electron chi connectivity index (χ2n) is 6.02. The third kappa shape index (κ3) is 4.87. The highest BCUT2D eigenvalue weighted by atomic mass is 35.5. The molecule has 3 N–H and O–H groups in total. The number of benzene rings is 1. The first-order valence-corrected chi connectivity index (χ1v) is 9.55. The lowest BCUT2D eigenvalue weighted by Crippen LogP contribution is -2.45. The summed E-state index contributed by atoms with van der Waals surface area (Å²) in [5.41, 5.74) is 1.25. The normalized spacial score (nSPS) is 19.1. The Labute approximate surface area is 157 Å². The lowest BCUT2D eigenvalue weighted by Gasteiger charge is -2.21. The molecule has 3 rings (SSSR count). The average Bonchev–Trinajstić information content (AvgIpc) is 3.28. The largest absolute Gasteiger partial charge is 0.386 e. The van der Waals surface area contributed by atoms with Gasteiger partial charge in [-0.05, 0) is 30.7 Å². The molecule has 0 spiro atoms. The van der Waals surface area contributed by atoms with Crippen molar-refractivity contribution in [2.75, 3.05) is 31.6 Å². The van der Waals surface area contributed by atoms with Gasteiger partial charge < -0.3 is 20.6 Å². The number of aliphatic imine (C=N–C) groups is 1. The maximum absolute atomic E-state index is 10.2. The van der Waals surface area contributed by atoms with Crippen LogP contribution < -0.4 is 15.5 Å². The smallest absolute Gasteiger partial charge is 0.191 e. The van der Waals surface area contributed by atoms with Crippen LogP contribution in [0.2, 0.25) is 4.34 Å². The maximum atomic E-state index is 10.2. The van der Waals surface area contributed by atoms with E-state index in [9.17, 15) is 5.11 Å². The van der Waals surface area contributed by atoms with Gasteiger partial charge in [0.05, 0.1) is 4.34 Å². The van der Waals surface area contributed by atoms with E-state index in [0.29, 0.717) is 22.9 Å². The Kier molecular flexibility index (Phi) is 6.18. The van der Waals surface area contributed by atoms with Crippen LogP contribution in [-0.4, -0.2) is 43.8 Å². The molecule has 1 aliphatic rings. The van der Waals surface area contributed by atoms with Crippen LogP contribution in [0.3, 0.4) is 0 Å². The van der Waals surface area contributed by atoms with Crippen LogP contribution in [0, 0.1) is 0 Å². The van der Waals surface area contributed by atoms with Gasteiger partial charge in [0, 0.05) is 43.3 Å². The second kappa shape index (κ2) is 8.56. The molecule has 1 fully saturated rings. The molecule has 0 bridgehead atoms. The average molecular weight is 379 g/mol. The number of thiophene rings is 1. The molecule has 0 saturated carbocycles. The van der Waals surface area contributed by atoms with Crippen molar-refractivity contribution in [2.45, 2.75) is 18.6 Å². The predicted molar refractivity (Wildman–Crippen MR) is 106 cm³/mol. The van der Waals surface area contributed by atoms with Gasteiger partial charge in [-0.15, -0.1) is 11.3 Å². The third-order valence-electron chi connectivity index (χ3n) is 4.26. The highest BCUT2D eigenvalue weighted by Crippen LogP contribution is 2.26. The maximum Gasteiger partial charge on any atom is 0.191 e. The number of rotatable bonds is 5. The van der Waals surface area contributed by atoms with Crippen LogP contribution in [0.5, 0.6) is 0 Å². The molecule has 1 aromatic carbocycles. The van der Waals surface area contributed by atoms with Crippen molar-refractivity contribution in [1.29, 1.82) is 0 Å². The zero-order valence-electron chi connectivity index (χ0n) is 14.2. The molecule has 2 atom stereocenters. The number of hydrogen-bond acceptors (Lipinski definition) is 4. The summed E-state index contributed by atoms with van der Waals surface area (Å²) in [5, 5.41) is 16.9. The first-order chi connectivity index (χ1) is 12.2. The van der Waals surface area contributed by atoms with Crippen LogP contribution >= 0.6 is 22.9 Å². The van der Waals surface area contributed by atoms with Crippen LogP contribution in [0.15, 0.2) is 47.5 Å². The molecule has 2 unspecified atom stereocenters. The molecule has 7 heteroatoms. The highest BCUT2D eigenvalue weighted by Gasteiger charge is 2.23. The molecular formula is C18H23ClN4OS. The Morgan fingerprint density at radius 3 is 2.84 bits per heavy atom. The molecule has 5 nitrogen and oxygen atoms in total. The van der Waals surface area contributed by atoms with Crippen LogP contribution in [0.4, 0.5) is 5.69 Å². The van der Waals surface area contributed by atoms with Crippen molar-refractivity contribution < 1.29 is 5.11 Å². The number of guanidine groups is 1. The number of nitrogens with zero attached hydrogens (tertiary/aromatic N) is 2. The molecule has 1 aromatic heterocycles. The molecule has 25 heavy (non-hydrogen) atoms. The summed E-state index contributed by atoms with van der Waals surface area (Å²) < 4.78 is 0.684. The van der Waals surface area contributed by atoms with E-state index in [0.717, 1.165) is 24.4 Å². The molecular weight excluding hydrogens is 356 g/mol. The molecule has 0 amide bonds. The van der Waals surface area contributed by atoms with E-state index < -0.39 is 6.10 Å². The number of anilines is 1. The fourth-order valence-electron chi connectivity index (χ4n) is 2.94. The summed E-state index contributed by atoms with van der Waals surface area (Å²) in [6, 6.07) is 14.4. The number of para-hydroxylation sites is 1. The Bertz CT molecular complexity index is 706. The number of halogens is 1. The van der Waals surface area contributed by atoms with Crippen molar-refractivity contribution >= 4 is 34.6 Å². The number of nitrogens with one attached hydrogen (secondary N) is 2. The minimum atomic E-state index is -0.597. The molecule has 2 heterocycles. The fraction of sp³-hybridized carbons (Fsp3) is 0.389. The standard InChI is InChI=1S/C18H23ClN4OS/c1-20-18(21-11-15(24)16-7-8-17(19)25-16)22-13-9-10-23(12-13)14-5-3-2-4-6-14/h2-8,13,15,24H,9-12H2,1H3,(H2,20,21,22). The van der Waals surface area contributed by atoms with E-state index in [4.69, 9.17) is 11.6 Å². The lowest BCUT2D eigenvalue weighted by atomic mass is 10.2. The molecule has 1 saturated heterocycles. The summed E-state index contributed by atoms with van der Waals surface area (Å²) in [6.45, 7) is 2.36. The van der Waals surface area contributed by atoms with E-state index >= 15 is 0 Å². The zero-order valence-corrected chi connectivity index (χ0v) is 15.7. The van der Waals surface area contributed by atoms with Gasteiger partial charge in [-0.3, -0.25) is 4.99 Å². The van der Waals surface area contributed by atoms with E-state index in [1.165, 1.54) is 17.0 Å². The van der Waals surface area contributed by atoms with Crippen LogP contribution in [-0.2, 0) is 0 Å². The van der Waals surface area contributed by atoms with Gasteiger partial charge in [0.2, 0.25) is 0 Å². The molecule has 0 aliphatic carbocycles.